The van der Waals surface area contributed by atoms with Gasteiger partial charge in [-0.2, -0.15) is 5.10 Å². The van der Waals surface area contributed by atoms with Gasteiger partial charge in [-0.05, 0) is 12.1 Å². The van der Waals surface area contributed by atoms with Crippen LogP contribution in [0.5, 0.6) is 0 Å². The number of rotatable bonds is 2. The van der Waals surface area contributed by atoms with Crippen molar-refractivity contribution in [1.29, 1.82) is 0 Å². The Morgan fingerprint density at radius 3 is 2.38 bits per heavy atom. The van der Waals surface area contributed by atoms with Crippen LogP contribution in [-0.4, -0.2) is 58.0 Å². The number of aromatic nitrogens is 2. The molecule has 0 unspecified atom stereocenters. The molecule has 1 fully saturated rings. The highest BCUT2D eigenvalue weighted by molar-refractivity contribution is 6.33. The van der Waals surface area contributed by atoms with E-state index in [1.54, 1.807) is 21.9 Å². The van der Waals surface area contributed by atoms with Crippen LogP contribution < -0.4 is 0 Å². The first kappa shape index (κ1) is 13.7. The molecule has 0 aliphatic carbocycles. The van der Waals surface area contributed by atoms with Crippen LogP contribution in [0.1, 0.15) is 21.0 Å². The fraction of sp³-hybridized carbons (Fsp3) is 0.308. The van der Waals surface area contributed by atoms with Crippen molar-refractivity contribution in [2.24, 2.45) is 0 Å². The zero-order valence-corrected chi connectivity index (χ0v) is 11.8. The fourth-order valence-electron chi connectivity index (χ4n) is 2.25. The molecule has 0 spiro atoms. The first-order valence-electron chi connectivity index (χ1n) is 6.48. The molecule has 2 aromatic heterocycles. The van der Waals surface area contributed by atoms with E-state index in [9.17, 15) is 9.59 Å². The second-order valence-electron chi connectivity index (χ2n) is 4.65. The van der Waals surface area contributed by atoms with E-state index in [-0.39, 0.29) is 17.5 Å². The number of carbonyl (C=O) groups is 2. The van der Waals surface area contributed by atoms with E-state index in [0.29, 0.717) is 37.0 Å². The molecule has 0 radical (unpaired) electrons. The summed E-state index contributed by atoms with van der Waals surface area (Å²) in [6.45, 7) is 1.80. The molecule has 0 atom stereocenters. The second kappa shape index (κ2) is 5.61. The van der Waals surface area contributed by atoms with Crippen molar-refractivity contribution in [3.63, 3.8) is 0 Å². The van der Waals surface area contributed by atoms with E-state index in [1.165, 1.54) is 12.5 Å². The smallest absolute Gasteiger partial charge is 0.289 e. The molecule has 2 amide bonds. The van der Waals surface area contributed by atoms with Gasteiger partial charge in [0, 0.05) is 26.2 Å². The van der Waals surface area contributed by atoms with E-state index in [0.717, 1.165) is 0 Å². The zero-order chi connectivity index (χ0) is 14.8. The van der Waals surface area contributed by atoms with Crippen molar-refractivity contribution in [3.05, 3.63) is 41.1 Å². The van der Waals surface area contributed by atoms with Crippen LogP contribution in [0.15, 0.2) is 29.0 Å². The summed E-state index contributed by atoms with van der Waals surface area (Å²) in [6.07, 6.45) is 2.86. The minimum atomic E-state index is -0.206. The van der Waals surface area contributed by atoms with Crippen molar-refractivity contribution in [3.8, 4) is 0 Å². The van der Waals surface area contributed by atoms with Crippen LogP contribution in [0, 0.1) is 0 Å². The Hall–Kier alpha value is -2.28. The molecule has 1 saturated heterocycles. The molecule has 0 saturated carbocycles. The molecule has 3 rings (SSSR count). The summed E-state index contributed by atoms with van der Waals surface area (Å²) in [7, 11) is 0. The van der Waals surface area contributed by atoms with E-state index in [4.69, 9.17) is 16.0 Å². The Morgan fingerprint density at radius 2 is 1.86 bits per heavy atom. The van der Waals surface area contributed by atoms with E-state index in [1.807, 2.05) is 0 Å². The lowest BCUT2D eigenvalue weighted by atomic mass is 10.2. The molecule has 3 heterocycles. The number of hydrogen-bond acceptors (Lipinski definition) is 4. The molecule has 2 aromatic rings. The second-order valence-corrected chi connectivity index (χ2v) is 5.06. The van der Waals surface area contributed by atoms with Crippen LogP contribution in [-0.2, 0) is 0 Å². The fourth-order valence-corrected chi connectivity index (χ4v) is 2.42. The van der Waals surface area contributed by atoms with Crippen LogP contribution in [0.4, 0.5) is 0 Å². The van der Waals surface area contributed by atoms with Gasteiger partial charge < -0.3 is 14.2 Å². The van der Waals surface area contributed by atoms with Gasteiger partial charge in [-0.15, -0.1) is 0 Å². The van der Waals surface area contributed by atoms with Gasteiger partial charge in [0.15, 0.2) is 5.76 Å². The Labute approximate surface area is 125 Å². The maximum atomic E-state index is 12.2. The molecule has 21 heavy (non-hydrogen) atoms. The summed E-state index contributed by atoms with van der Waals surface area (Å²) < 4.78 is 5.09. The predicted octanol–water partition coefficient (Wildman–Crippen LogP) is 1.25. The molecule has 1 N–H and O–H groups in total. The van der Waals surface area contributed by atoms with Gasteiger partial charge in [0.2, 0.25) is 0 Å². The van der Waals surface area contributed by atoms with Gasteiger partial charge in [0.1, 0.15) is 5.69 Å². The van der Waals surface area contributed by atoms with Gasteiger partial charge in [-0.25, -0.2) is 0 Å². The van der Waals surface area contributed by atoms with Crippen molar-refractivity contribution < 1.29 is 14.0 Å². The van der Waals surface area contributed by atoms with Crippen molar-refractivity contribution in [2.75, 3.05) is 26.2 Å². The van der Waals surface area contributed by atoms with Crippen LogP contribution >= 0.6 is 11.6 Å². The van der Waals surface area contributed by atoms with Gasteiger partial charge in [0.25, 0.3) is 11.8 Å². The third kappa shape index (κ3) is 2.64. The lowest BCUT2D eigenvalue weighted by Crippen LogP contribution is -2.50. The summed E-state index contributed by atoms with van der Waals surface area (Å²) >= 11 is 5.88. The van der Waals surface area contributed by atoms with E-state index in [2.05, 4.69) is 10.2 Å². The number of aromatic amines is 1. The maximum absolute atomic E-state index is 12.2. The first-order valence-corrected chi connectivity index (χ1v) is 6.85. The SMILES string of the molecule is O=C(c1ccco1)N1CCN(C(=O)c2[nH]ncc2Cl)CC1. The van der Waals surface area contributed by atoms with Crippen LogP contribution in [0.2, 0.25) is 5.02 Å². The average Bonchev–Trinajstić information content (AvgIpc) is 3.17. The van der Waals surface area contributed by atoms with E-state index < -0.39 is 0 Å². The van der Waals surface area contributed by atoms with Gasteiger partial charge in [-0.3, -0.25) is 14.7 Å². The van der Waals surface area contributed by atoms with Crippen molar-refractivity contribution in [2.45, 2.75) is 0 Å². The predicted molar refractivity (Wildman–Crippen MR) is 74.1 cm³/mol. The quantitative estimate of drug-likeness (QED) is 0.905. The molecule has 8 heteroatoms. The number of amides is 2. The lowest BCUT2D eigenvalue weighted by Gasteiger charge is -2.34. The number of carbonyl (C=O) groups excluding carboxylic acids is 2. The molecule has 7 nitrogen and oxygen atoms in total. The summed E-state index contributed by atoms with van der Waals surface area (Å²) in [5, 5.41) is 6.62. The van der Waals surface area contributed by atoms with Crippen molar-refractivity contribution >= 4 is 23.4 Å². The van der Waals surface area contributed by atoms with Crippen LogP contribution in [0.3, 0.4) is 0 Å². The average molecular weight is 309 g/mol. The number of piperazine rings is 1. The highest BCUT2D eigenvalue weighted by Gasteiger charge is 2.27. The summed E-state index contributed by atoms with van der Waals surface area (Å²) in [5.41, 5.74) is 0.280. The highest BCUT2D eigenvalue weighted by atomic mass is 35.5. The molecule has 1 aliphatic rings. The van der Waals surface area contributed by atoms with E-state index >= 15 is 0 Å². The largest absolute Gasteiger partial charge is 0.459 e. The van der Waals surface area contributed by atoms with Gasteiger partial charge >= 0.3 is 0 Å². The topological polar surface area (TPSA) is 82.4 Å². The summed E-state index contributed by atoms with van der Waals surface area (Å²) in [5.74, 6) is -0.0549. The maximum Gasteiger partial charge on any atom is 0.289 e. The number of H-pyrrole nitrogens is 1. The minimum absolute atomic E-state index is 0.160. The number of hydrogen-bond donors (Lipinski definition) is 1. The Kier molecular flexibility index (Phi) is 3.66. The number of furan rings is 1. The molecular weight excluding hydrogens is 296 g/mol. The lowest BCUT2D eigenvalue weighted by molar-refractivity contribution is 0.0515. The molecular formula is C13H13ClN4O3. The highest BCUT2D eigenvalue weighted by Crippen LogP contribution is 2.16. The Balaban J connectivity index is 1.62. The third-order valence-corrected chi connectivity index (χ3v) is 3.68. The number of halogens is 1. The Bertz CT molecular complexity index is 644. The number of nitrogens with zero attached hydrogens (tertiary/aromatic N) is 3. The molecule has 1 aliphatic heterocycles. The summed E-state index contributed by atoms with van der Waals surface area (Å²) in [4.78, 5) is 27.7. The van der Waals surface area contributed by atoms with Gasteiger partial charge in [0.05, 0.1) is 17.5 Å². The number of nitrogens with one attached hydrogen (secondary N) is 1. The first-order chi connectivity index (χ1) is 10.2. The minimum Gasteiger partial charge on any atom is -0.459 e. The van der Waals surface area contributed by atoms with Gasteiger partial charge in [-0.1, -0.05) is 11.6 Å². The zero-order valence-electron chi connectivity index (χ0n) is 11.1. The monoisotopic (exact) mass is 308 g/mol. The van der Waals surface area contributed by atoms with Crippen LogP contribution in [0.25, 0.3) is 0 Å². The standard InChI is InChI=1S/C13H13ClN4O3/c14-9-8-15-16-11(9)13(20)18-5-3-17(4-6-18)12(19)10-2-1-7-21-10/h1-2,7-8H,3-6H2,(H,15,16). The Morgan fingerprint density at radius 1 is 1.19 bits per heavy atom. The molecule has 0 bridgehead atoms. The molecule has 0 aromatic carbocycles. The normalized spacial score (nSPS) is 15.3. The molecule has 110 valence electrons. The summed E-state index contributed by atoms with van der Waals surface area (Å²) in [6, 6.07) is 3.30. The third-order valence-electron chi connectivity index (χ3n) is 3.39. The van der Waals surface area contributed by atoms with Crippen molar-refractivity contribution in [1.82, 2.24) is 20.0 Å².